The van der Waals surface area contributed by atoms with Crippen LogP contribution in [0.4, 0.5) is 4.39 Å². The smallest absolute Gasteiger partial charge is 0.226 e. The third kappa shape index (κ3) is 3.29. The Balaban J connectivity index is 1.87. The number of amides is 1. The minimum absolute atomic E-state index is 0.139. The fraction of sp³-hybridized carbons (Fsp3) is 0.500. The van der Waals surface area contributed by atoms with E-state index < -0.39 is 0 Å². The van der Waals surface area contributed by atoms with Gasteiger partial charge in [0, 0.05) is 13.1 Å². The lowest BCUT2D eigenvalue weighted by Crippen LogP contribution is -2.31. The molecule has 1 fully saturated rings. The van der Waals surface area contributed by atoms with E-state index in [1.807, 2.05) is 11.9 Å². The number of rotatable bonds is 4. The van der Waals surface area contributed by atoms with Crippen molar-refractivity contribution in [1.29, 1.82) is 0 Å². The molecule has 0 aromatic heterocycles. The molecule has 0 saturated carbocycles. The number of likely N-dealkylation sites (tertiary alicyclic amines) is 1. The van der Waals surface area contributed by atoms with Gasteiger partial charge in [-0.25, -0.2) is 4.39 Å². The zero-order valence-corrected chi connectivity index (χ0v) is 10.7. The van der Waals surface area contributed by atoms with Gasteiger partial charge in [0.2, 0.25) is 5.91 Å². The van der Waals surface area contributed by atoms with Crippen molar-refractivity contribution in [3.05, 3.63) is 35.6 Å². The number of benzene rings is 1. The second kappa shape index (κ2) is 5.96. The summed E-state index contributed by atoms with van der Waals surface area (Å²) in [4.78, 5) is 14.0. The highest BCUT2D eigenvalue weighted by Gasteiger charge is 2.25. The molecule has 98 valence electrons. The summed E-state index contributed by atoms with van der Waals surface area (Å²) in [7, 11) is 1.93. The van der Waals surface area contributed by atoms with Crippen molar-refractivity contribution in [3.8, 4) is 0 Å². The van der Waals surface area contributed by atoms with Crippen molar-refractivity contribution < 1.29 is 9.18 Å². The van der Waals surface area contributed by atoms with Gasteiger partial charge in [0.15, 0.2) is 0 Å². The van der Waals surface area contributed by atoms with E-state index in [1.165, 1.54) is 12.1 Å². The van der Waals surface area contributed by atoms with E-state index in [1.54, 1.807) is 12.1 Å². The Morgan fingerprint density at radius 2 is 2.17 bits per heavy atom. The molecule has 1 N–H and O–H groups in total. The Bertz CT molecular complexity index is 405. The highest BCUT2D eigenvalue weighted by molar-refractivity contribution is 5.79. The van der Waals surface area contributed by atoms with Gasteiger partial charge in [0.1, 0.15) is 5.82 Å². The van der Waals surface area contributed by atoms with Crippen molar-refractivity contribution in [2.75, 3.05) is 26.7 Å². The fourth-order valence-electron chi connectivity index (χ4n) is 2.40. The van der Waals surface area contributed by atoms with Gasteiger partial charge < -0.3 is 10.2 Å². The number of hydrogen-bond acceptors (Lipinski definition) is 2. The molecule has 18 heavy (non-hydrogen) atoms. The Hall–Kier alpha value is -1.42. The first-order valence-electron chi connectivity index (χ1n) is 6.36. The summed E-state index contributed by atoms with van der Waals surface area (Å²) in [5.41, 5.74) is 0.874. The highest BCUT2D eigenvalue weighted by Crippen LogP contribution is 2.16. The first kappa shape index (κ1) is 13.0. The molecule has 1 atom stereocenters. The monoisotopic (exact) mass is 250 g/mol. The molecule has 1 aliphatic heterocycles. The van der Waals surface area contributed by atoms with Gasteiger partial charge in [-0.05, 0) is 43.6 Å². The van der Waals surface area contributed by atoms with Crippen molar-refractivity contribution in [3.63, 3.8) is 0 Å². The quantitative estimate of drug-likeness (QED) is 0.877. The number of halogens is 1. The van der Waals surface area contributed by atoms with Crippen LogP contribution in [0.2, 0.25) is 0 Å². The third-order valence-electron chi connectivity index (χ3n) is 3.40. The van der Waals surface area contributed by atoms with Gasteiger partial charge in [-0.2, -0.15) is 0 Å². The Morgan fingerprint density at radius 3 is 2.83 bits per heavy atom. The molecule has 1 aromatic carbocycles. The van der Waals surface area contributed by atoms with Gasteiger partial charge in [-0.15, -0.1) is 0 Å². The van der Waals surface area contributed by atoms with E-state index >= 15 is 0 Å². The first-order chi connectivity index (χ1) is 8.69. The third-order valence-corrected chi connectivity index (χ3v) is 3.40. The second-order valence-electron chi connectivity index (χ2n) is 4.86. The van der Waals surface area contributed by atoms with Crippen LogP contribution in [-0.4, -0.2) is 37.5 Å². The molecule has 1 amide bonds. The number of carbonyl (C=O) groups is 1. The minimum atomic E-state index is -0.263. The molecule has 0 spiro atoms. The summed E-state index contributed by atoms with van der Waals surface area (Å²) in [6.07, 6.45) is 1.43. The molecule has 0 aliphatic carbocycles. The minimum Gasteiger partial charge on any atom is -0.342 e. The van der Waals surface area contributed by atoms with Crippen molar-refractivity contribution in [2.45, 2.75) is 12.8 Å². The Labute approximate surface area is 107 Å². The zero-order valence-electron chi connectivity index (χ0n) is 10.7. The lowest BCUT2D eigenvalue weighted by Gasteiger charge is -2.16. The molecule has 2 rings (SSSR count). The molecule has 1 heterocycles. The number of carbonyl (C=O) groups excluding carboxylic acids is 1. The molecular formula is C14H19FN2O. The van der Waals surface area contributed by atoms with Gasteiger partial charge in [-0.3, -0.25) is 4.79 Å². The van der Waals surface area contributed by atoms with Crippen LogP contribution >= 0.6 is 0 Å². The lowest BCUT2D eigenvalue weighted by molar-refractivity contribution is -0.129. The molecule has 0 radical (unpaired) electrons. The van der Waals surface area contributed by atoms with Gasteiger partial charge in [0.05, 0.1) is 6.42 Å². The van der Waals surface area contributed by atoms with E-state index in [2.05, 4.69) is 5.32 Å². The van der Waals surface area contributed by atoms with Crippen LogP contribution in [0.5, 0.6) is 0 Å². The number of hydrogen-bond donors (Lipinski definition) is 1. The first-order valence-corrected chi connectivity index (χ1v) is 6.36. The SMILES string of the molecule is CNCC1CCN(C(=O)Cc2ccc(F)cc2)C1. The van der Waals surface area contributed by atoms with E-state index in [-0.39, 0.29) is 11.7 Å². The van der Waals surface area contributed by atoms with Crippen LogP contribution in [0, 0.1) is 11.7 Å². The van der Waals surface area contributed by atoms with Crippen LogP contribution in [0.1, 0.15) is 12.0 Å². The van der Waals surface area contributed by atoms with Crippen molar-refractivity contribution in [2.24, 2.45) is 5.92 Å². The summed E-state index contributed by atoms with van der Waals surface area (Å²) in [5, 5.41) is 3.15. The van der Waals surface area contributed by atoms with Gasteiger partial charge in [0.25, 0.3) is 0 Å². The van der Waals surface area contributed by atoms with Crippen LogP contribution in [0.25, 0.3) is 0 Å². The topological polar surface area (TPSA) is 32.3 Å². The normalized spacial score (nSPS) is 19.2. The summed E-state index contributed by atoms with van der Waals surface area (Å²) < 4.78 is 12.8. The predicted molar refractivity (Wildman–Crippen MR) is 68.7 cm³/mol. The molecular weight excluding hydrogens is 231 g/mol. The maximum atomic E-state index is 12.8. The number of nitrogens with zero attached hydrogens (tertiary/aromatic N) is 1. The Morgan fingerprint density at radius 1 is 1.44 bits per heavy atom. The largest absolute Gasteiger partial charge is 0.342 e. The van der Waals surface area contributed by atoms with E-state index in [4.69, 9.17) is 0 Å². The average molecular weight is 250 g/mol. The van der Waals surface area contributed by atoms with Crippen LogP contribution in [-0.2, 0) is 11.2 Å². The van der Waals surface area contributed by atoms with E-state index in [0.717, 1.165) is 31.6 Å². The predicted octanol–water partition coefficient (Wildman–Crippen LogP) is 1.44. The zero-order chi connectivity index (χ0) is 13.0. The maximum absolute atomic E-state index is 12.8. The highest BCUT2D eigenvalue weighted by atomic mass is 19.1. The molecule has 1 unspecified atom stereocenters. The molecule has 0 bridgehead atoms. The molecule has 1 aliphatic rings. The van der Waals surface area contributed by atoms with Crippen LogP contribution < -0.4 is 5.32 Å². The van der Waals surface area contributed by atoms with Crippen LogP contribution in [0.3, 0.4) is 0 Å². The van der Waals surface area contributed by atoms with Crippen molar-refractivity contribution in [1.82, 2.24) is 10.2 Å². The Kier molecular flexibility index (Phi) is 4.31. The van der Waals surface area contributed by atoms with Crippen molar-refractivity contribution >= 4 is 5.91 Å². The summed E-state index contributed by atoms with van der Waals surface area (Å²) >= 11 is 0. The molecule has 3 nitrogen and oxygen atoms in total. The molecule has 1 saturated heterocycles. The maximum Gasteiger partial charge on any atom is 0.226 e. The van der Waals surface area contributed by atoms with Gasteiger partial charge >= 0.3 is 0 Å². The summed E-state index contributed by atoms with van der Waals surface area (Å²) in [6, 6.07) is 6.15. The van der Waals surface area contributed by atoms with E-state index in [0.29, 0.717) is 12.3 Å². The van der Waals surface area contributed by atoms with Crippen LogP contribution in [0.15, 0.2) is 24.3 Å². The summed E-state index contributed by atoms with van der Waals surface area (Å²) in [5.74, 6) is 0.439. The second-order valence-corrected chi connectivity index (χ2v) is 4.86. The number of nitrogens with one attached hydrogen (secondary N) is 1. The summed E-state index contributed by atoms with van der Waals surface area (Å²) in [6.45, 7) is 2.63. The standard InChI is InChI=1S/C14H19FN2O/c1-16-9-12-6-7-17(10-12)14(18)8-11-2-4-13(15)5-3-11/h2-5,12,16H,6-10H2,1H3. The molecule has 1 aromatic rings. The lowest BCUT2D eigenvalue weighted by atomic mass is 10.1. The van der Waals surface area contributed by atoms with E-state index in [9.17, 15) is 9.18 Å². The fourth-order valence-corrected chi connectivity index (χ4v) is 2.40. The average Bonchev–Trinajstić information content (AvgIpc) is 2.81. The molecule has 4 heteroatoms. The van der Waals surface area contributed by atoms with Gasteiger partial charge in [-0.1, -0.05) is 12.1 Å².